The highest BCUT2D eigenvalue weighted by Crippen LogP contribution is 2.41. The van der Waals surface area contributed by atoms with Crippen LogP contribution in [-0.4, -0.2) is 55.9 Å². The van der Waals surface area contributed by atoms with Crippen LogP contribution in [0.2, 0.25) is 0 Å². The number of hydrogen-bond donors (Lipinski definition) is 2. The molecule has 0 radical (unpaired) electrons. The summed E-state index contributed by atoms with van der Waals surface area (Å²) in [7, 11) is 1.60. The zero-order valence-electron chi connectivity index (χ0n) is 17.0. The summed E-state index contributed by atoms with van der Waals surface area (Å²) in [6, 6.07) is 5.30. The smallest absolute Gasteiger partial charge is 0.296 e. The van der Waals surface area contributed by atoms with Gasteiger partial charge in [0, 0.05) is 48.6 Å². The van der Waals surface area contributed by atoms with E-state index in [0.717, 1.165) is 24.1 Å². The maximum Gasteiger partial charge on any atom is 0.296 e. The summed E-state index contributed by atoms with van der Waals surface area (Å²) >= 11 is 1.52. The van der Waals surface area contributed by atoms with Crippen molar-refractivity contribution in [3.63, 3.8) is 0 Å². The lowest BCUT2D eigenvalue weighted by Gasteiger charge is -2.45. The van der Waals surface area contributed by atoms with E-state index in [9.17, 15) is 18.7 Å². The van der Waals surface area contributed by atoms with Crippen LogP contribution in [0, 0.1) is 0 Å². The number of benzene rings is 1. The Morgan fingerprint density at radius 2 is 2.06 bits per heavy atom. The summed E-state index contributed by atoms with van der Waals surface area (Å²) in [5.74, 6) is -2.06. The molecule has 0 unspecified atom stereocenters. The normalized spacial score (nSPS) is 21.8. The zero-order valence-corrected chi connectivity index (χ0v) is 17.8. The molecule has 2 fully saturated rings. The van der Waals surface area contributed by atoms with Gasteiger partial charge < -0.3 is 10.4 Å². The summed E-state index contributed by atoms with van der Waals surface area (Å²) in [5, 5.41) is 24.7. The lowest BCUT2D eigenvalue weighted by Crippen LogP contribution is -2.55. The molecule has 0 bridgehead atoms. The molecule has 5 rings (SSSR count). The van der Waals surface area contributed by atoms with Crippen molar-refractivity contribution in [2.75, 3.05) is 18.4 Å². The minimum Gasteiger partial charge on any atom is -0.507 e. The molecule has 3 heterocycles. The molecule has 10 heteroatoms. The fourth-order valence-corrected chi connectivity index (χ4v) is 5.32. The lowest BCUT2D eigenvalue weighted by molar-refractivity contribution is -0.127. The average Bonchev–Trinajstić information content (AvgIpc) is 3.21. The zero-order chi connectivity index (χ0) is 21.8. The van der Waals surface area contributed by atoms with Crippen molar-refractivity contribution < 1.29 is 13.9 Å². The Morgan fingerprint density at radius 1 is 1.26 bits per heavy atom. The van der Waals surface area contributed by atoms with Crippen LogP contribution < -0.4 is 10.9 Å². The van der Waals surface area contributed by atoms with Crippen LogP contribution in [0.5, 0.6) is 5.75 Å². The Hall–Kier alpha value is -2.59. The summed E-state index contributed by atoms with van der Waals surface area (Å²) in [6.45, 7) is 1.40. The summed E-state index contributed by atoms with van der Waals surface area (Å²) in [5.41, 5.74) is 0.0985. The number of fused-ring (bicyclic) bond motifs is 1. The lowest BCUT2D eigenvalue weighted by atomic mass is 9.85. The first kappa shape index (κ1) is 20.3. The molecule has 31 heavy (non-hydrogen) atoms. The van der Waals surface area contributed by atoms with Crippen molar-refractivity contribution in [1.29, 1.82) is 0 Å². The van der Waals surface area contributed by atoms with Gasteiger partial charge in [0.2, 0.25) is 5.82 Å². The van der Waals surface area contributed by atoms with Crippen LogP contribution in [-0.2, 0) is 7.05 Å². The van der Waals surface area contributed by atoms with Gasteiger partial charge in [0.1, 0.15) is 5.75 Å². The van der Waals surface area contributed by atoms with E-state index in [2.05, 4.69) is 20.4 Å². The SMILES string of the molecule is Cn1c(-c2ccc3sccc3c2O)nnc(N[C@@H]2CCCN(C3CC(F)(F)C3)C2)c1=O. The van der Waals surface area contributed by atoms with E-state index in [-0.39, 0.29) is 47.9 Å². The van der Waals surface area contributed by atoms with Crippen LogP contribution in [0.1, 0.15) is 25.7 Å². The second kappa shape index (κ2) is 7.52. The first-order valence-electron chi connectivity index (χ1n) is 10.3. The summed E-state index contributed by atoms with van der Waals surface area (Å²) < 4.78 is 28.8. The molecular formula is C21H23F2N5O2S. The molecule has 1 saturated heterocycles. The molecule has 2 aliphatic rings. The second-order valence-electron chi connectivity index (χ2n) is 8.43. The monoisotopic (exact) mass is 447 g/mol. The van der Waals surface area contributed by atoms with Gasteiger partial charge in [0.05, 0.1) is 5.56 Å². The van der Waals surface area contributed by atoms with Crippen LogP contribution in [0.3, 0.4) is 0 Å². The van der Waals surface area contributed by atoms with Crippen molar-refractivity contribution in [3.05, 3.63) is 33.9 Å². The topological polar surface area (TPSA) is 83.3 Å². The van der Waals surface area contributed by atoms with Gasteiger partial charge >= 0.3 is 0 Å². The third-order valence-corrected chi connectivity index (χ3v) is 7.18. The van der Waals surface area contributed by atoms with Crippen molar-refractivity contribution >= 4 is 27.2 Å². The maximum atomic E-state index is 13.2. The van der Waals surface area contributed by atoms with Gasteiger partial charge in [-0.05, 0) is 43.0 Å². The number of nitrogens with one attached hydrogen (secondary N) is 1. The minimum absolute atomic E-state index is 0.0496. The van der Waals surface area contributed by atoms with Crippen LogP contribution in [0.4, 0.5) is 14.6 Å². The second-order valence-corrected chi connectivity index (χ2v) is 9.37. The van der Waals surface area contributed by atoms with E-state index in [1.165, 1.54) is 15.9 Å². The van der Waals surface area contributed by atoms with Crippen LogP contribution in [0.15, 0.2) is 28.4 Å². The molecule has 2 N–H and O–H groups in total. The highest BCUT2D eigenvalue weighted by molar-refractivity contribution is 7.17. The molecule has 164 valence electrons. The van der Waals surface area contributed by atoms with E-state index in [4.69, 9.17) is 0 Å². The molecule has 0 spiro atoms. The number of phenols is 1. The number of rotatable bonds is 4. The first-order valence-corrected chi connectivity index (χ1v) is 11.2. The number of aromatic hydroxyl groups is 1. The van der Waals surface area contributed by atoms with Gasteiger partial charge in [-0.25, -0.2) is 8.78 Å². The van der Waals surface area contributed by atoms with Crippen molar-refractivity contribution in [3.8, 4) is 17.1 Å². The minimum atomic E-state index is -2.54. The molecular weight excluding hydrogens is 424 g/mol. The Bertz CT molecular complexity index is 1190. The number of aromatic nitrogens is 3. The number of phenolic OH excluding ortho intramolecular Hbond substituents is 1. The average molecular weight is 448 g/mol. The number of piperidine rings is 1. The van der Waals surface area contributed by atoms with Crippen molar-refractivity contribution in [1.82, 2.24) is 19.7 Å². The van der Waals surface area contributed by atoms with E-state index < -0.39 is 5.92 Å². The third kappa shape index (κ3) is 3.67. The first-order chi connectivity index (χ1) is 14.8. The number of likely N-dealkylation sites (tertiary alicyclic amines) is 1. The van der Waals surface area contributed by atoms with Gasteiger partial charge in [-0.1, -0.05) is 0 Å². The molecule has 3 aromatic rings. The maximum absolute atomic E-state index is 13.2. The van der Waals surface area contributed by atoms with E-state index in [0.29, 0.717) is 17.5 Å². The molecule has 1 aliphatic carbocycles. The third-order valence-electron chi connectivity index (χ3n) is 6.30. The number of hydrogen-bond acceptors (Lipinski definition) is 7. The van der Waals surface area contributed by atoms with Gasteiger partial charge in [0.15, 0.2) is 5.82 Å². The van der Waals surface area contributed by atoms with Gasteiger partial charge in [-0.3, -0.25) is 14.3 Å². The van der Waals surface area contributed by atoms with Crippen LogP contribution in [0.25, 0.3) is 21.5 Å². The fourth-order valence-electron chi connectivity index (χ4n) is 4.53. The van der Waals surface area contributed by atoms with Crippen LogP contribution >= 0.6 is 11.3 Å². The Balaban J connectivity index is 1.36. The molecule has 0 amide bonds. The van der Waals surface area contributed by atoms with E-state index in [1.807, 2.05) is 17.5 Å². The predicted octanol–water partition coefficient (Wildman–Crippen LogP) is 3.44. The molecule has 1 aromatic carbocycles. The van der Waals surface area contributed by atoms with Gasteiger partial charge in [0.25, 0.3) is 11.5 Å². The van der Waals surface area contributed by atoms with E-state index >= 15 is 0 Å². The Labute approximate surface area is 181 Å². The number of alkyl halides is 2. The number of anilines is 1. The van der Waals surface area contributed by atoms with Crippen molar-refractivity contribution in [2.45, 2.75) is 43.7 Å². The van der Waals surface area contributed by atoms with Gasteiger partial charge in [-0.15, -0.1) is 21.5 Å². The van der Waals surface area contributed by atoms with Gasteiger partial charge in [-0.2, -0.15) is 0 Å². The van der Waals surface area contributed by atoms with E-state index in [1.54, 1.807) is 13.1 Å². The Kier molecular flexibility index (Phi) is 4.93. The molecule has 2 aromatic heterocycles. The highest BCUT2D eigenvalue weighted by Gasteiger charge is 2.48. The Morgan fingerprint density at radius 3 is 2.84 bits per heavy atom. The fraction of sp³-hybridized carbons (Fsp3) is 0.476. The molecule has 1 saturated carbocycles. The van der Waals surface area contributed by atoms with Crippen molar-refractivity contribution in [2.24, 2.45) is 7.05 Å². The standard InChI is InChI=1S/C21H23F2N5O2S/c1-27-19(15-4-5-16-14(17(15)29)6-8-31-16)26-25-18(20(27)30)24-12-3-2-7-28(11-12)13-9-21(22,23)10-13/h4-6,8,12-13,29H,2-3,7,9-11H2,1H3,(H,24,25)/t12-/m1/s1. The largest absolute Gasteiger partial charge is 0.507 e. The number of nitrogens with zero attached hydrogens (tertiary/aromatic N) is 4. The molecule has 1 atom stereocenters. The highest BCUT2D eigenvalue weighted by atomic mass is 32.1. The number of halogens is 2. The molecule has 1 aliphatic heterocycles. The number of thiophene rings is 1. The summed E-state index contributed by atoms with van der Waals surface area (Å²) in [6.07, 6.45) is 1.53. The predicted molar refractivity (Wildman–Crippen MR) is 116 cm³/mol. The summed E-state index contributed by atoms with van der Waals surface area (Å²) in [4.78, 5) is 15.0. The quantitative estimate of drug-likeness (QED) is 0.638. The molecule has 7 nitrogen and oxygen atoms in total.